The number of amides is 3. The van der Waals surface area contributed by atoms with Gasteiger partial charge in [0.25, 0.3) is 0 Å². The van der Waals surface area contributed by atoms with Crippen molar-refractivity contribution < 1.29 is 14.4 Å². The maximum absolute atomic E-state index is 12.6. The van der Waals surface area contributed by atoms with Gasteiger partial charge in [-0.25, -0.2) is 0 Å². The van der Waals surface area contributed by atoms with Crippen LogP contribution in [0.5, 0.6) is 0 Å². The molecule has 2 fully saturated rings. The molecule has 164 valence electrons. The molecule has 1 spiro atoms. The van der Waals surface area contributed by atoms with Crippen molar-refractivity contribution in [3.8, 4) is 0 Å². The van der Waals surface area contributed by atoms with E-state index in [4.69, 9.17) is 0 Å². The molecular formula is C23H34N4O3. The number of nitrogens with one attached hydrogen (secondary N) is 2. The number of para-hydroxylation sites is 1. The lowest BCUT2D eigenvalue weighted by Crippen LogP contribution is -2.42. The summed E-state index contributed by atoms with van der Waals surface area (Å²) < 4.78 is 0. The number of carbonyl (C=O) groups excluding carboxylic acids is 3. The minimum Gasteiger partial charge on any atom is -0.372 e. The molecule has 3 amide bonds. The second-order valence-electron chi connectivity index (χ2n) is 8.73. The minimum absolute atomic E-state index is 0.0754. The Bertz CT molecular complexity index is 767. The van der Waals surface area contributed by atoms with E-state index >= 15 is 0 Å². The molecule has 0 unspecified atom stereocenters. The molecule has 1 aromatic carbocycles. The average Bonchev–Trinajstić information content (AvgIpc) is 3.32. The van der Waals surface area contributed by atoms with Crippen molar-refractivity contribution in [1.29, 1.82) is 0 Å². The van der Waals surface area contributed by atoms with E-state index in [9.17, 15) is 14.4 Å². The first kappa shape index (κ1) is 22.1. The van der Waals surface area contributed by atoms with Crippen LogP contribution in [-0.2, 0) is 14.4 Å². The number of benzene rings is 1. The van der Waals surface area contributed by atoms with Crippen LogP contribution in [0.2, 0.25) is 0 Å². The summed E-state index contributed by atoms with van der Waals surface area (Å²) in [6, 6.07) is 9.72. The molecule has 2 aliphatic rings. The third kappa shape index (κ3) is 4.77. The van der Waals surface area contributed by atoms with E-state index in [1.54, 1.807) is 4.90 Å². The Labute approximate surface area is 179 Å². The van der Waals surface area contributed by atoms with Crippen LogP contribution >= 0.6 is 0 Å². The van der Waals surface area contributed by atoms with Crippen LogP contribution in [0.15, 0.2) is 30.3 Å². The molecule has 7 nitrogen and oxygen atoms in total. The highest BCUT2D eigenvalue weighted by Crippen LogP contribution is 2.39. The lowest BCUT2D eigenvalue weighted by molar-refractivity contribution is -0.134. The van der Waals surface area contributed by atoms with Crippen molar-refractivity contribution in [3.05, 3.63) is 30.3 Å². The number of carbonyl (C=O) groups is 3. The SMILES string of the molecule is CCN(CCCNC(=O)[C@@H]1C[C@@]2(CCN(C(=O)C(C)C)C2)C(=O)N1)c1ccccc1. The van der Waals surface area contributed by atoms with Crippen molar-refractivity contribution in [2.45, 2.75) is 46.1 Å². The Morgan fingerprint density at radius 2 is 2.03 bits per heavy atom. The zero-order valence-electron chi connectivity index (χ0n) is 18.3. The van der Waals surface area contributed by atoms with E-state index in [2.05, 4.69) is 34.6 Å². The second kappa shape index (κ2) is 9.49. The van der Waals surface area contributed by atoms with Gasteiger partial charge in [0.1, 0.15) is 6.04 Å². The first-order chi connectivity index (χ1) is 14.4. The molecule has 0 saturated carbocycles. The predicted molar refractivity (Wildman–Crippen MR) is 117 cm³/mol. The first-order valence-corrected chi connectivity index (χ1v) is 11.0. The van der Waals surface area contributed by atoms with Gasteiger partial charge in [0.05, 0.1) is 5.41 Å². The Morgan fingerprint density at radius 1 is 1.30 bits per heavy atom. The summed E-state index contributed by atoms with van der Waals surface area (Å²) in [4.78, 5) is 41.6. The van der Waals surface area contributed by atoms with E-state index < -0.39 is 11.5 Å². The minimum atomic E-state index is -0.612. The molecule has 0 radical (unpaired) electrons. The molecule has 2 atom stereocenters. The van der Waals surface area contributed by atoms with Gasteiger partial charge in [-0.3, -0.25) is 14.4 Å². The van der Waals surface area contributed by atoms with Crippen molar-refractivity contribution in [2.75, 3.05) is 37.6 Å². The van der Waals surface area contributed by atoms with Crippen molar-refractivity contribution >= 4 is 23.4 Å². The van der Waals surface area contributed by atoms with E-state index in [0.29, 0.717) is 32.5 Å². The number of hydrogen-bond donors (Lipinski definition) is 2. The molecule has 0 aliphatic carbocycles. The molecule has 3 rings (SSSR count). The average molecular weight is 415 g/mol. The lowest BCUT2D eigenvalue weighted by atomic mass is 9.84. The second-order valence-corrected chi connectivity index (χ2v) is 8.73. The summed E-state index contributed by atoms with van der Waals surface area (Å²) in [5, 5.41) is 5.84. The van der Waals surface area contributed by atoms with E-state index in [1.165, 1.54) is 5.69 Å². The number of hydrogen-bond acceptors (Lipinski definition) is 4. The van der Waals surface area contributed by atoms with Gasteiger partial charge in [0.15, 0.2) is 0 Å². The molecule has 2 N–H and O–H groups in total. The molecule has 2 heterocycles. The lowest BCUT2D eigenvalue weighted by Gasteiger charge is -2.23. The molecule has 2 saturated heterocycles. The van der Waals surface area contributed by atoms with Gasteiger partial charge < -0.3 is 20.4 Å². The van der Waals surface area contributed by atoms with Gasteiger partial charge in [-0.2, -0.15) is 0 Å². The van der Waals surface area contributed by atoms with Crippen LogP contribution in [0.1, 0.15) is 40.0 Å². The first-order valence-electron chi connectivity index (χ1n) is 11.0. The van der Waals surface area contributed by atoms with Gasteiger partial charge in [0, 0.05) is 44.3 Å². The predicted octanol–water partition coefficient (Wildman–Crippen LogP) is 1.78. The Kier molecular flexibility index (Phi) is 7.00. The van der Waals surface area contributed by atoms with E-state index in [0.717, 1.165) is 19.5 Å². The van der Waals surface area contributed by atoms with Crippen molar-refractivity contribution in [2.24, 2.45) is 11.3 Å². The fourth-order valence-electron chi connectivity index (χ4n) is 4.49. The van der Waals surface area contributed by atoms with Gasteiger partial charge in [-0.05, 0) is 38.3 Å². The highest BCUT2D eigenvalue weighted by atomic mass is 16.2. The van der Waals surface area contributed by atoms with Crippen LogP contribution in [0.3, 0.4) is 0 Å². The van der Waals surface area contributed by atoms with E-state index in [1.807, 2.05) is 32.0 Å². The Hall–Kier alpha value is -2.57. The molecule has 2 aliphatic heterocycles. The highest BCUT2D eigenvalue weighted by Gasteiger charge is 2.53. The summed E-state index contributed by atoms with van der Waals surface area (Å²) in [7, 11) is 0. The van der Waals surface area contributed by atoms with Crippen LogP contribution in [-0.4, -0.2) is 61.4 Å². The van der Waals surface area contributed by atoms with E-state index in [-0.39, 0.29) is 23.6 Å². The highest BCUT2D eigenvalue weighted by molar-refractivity contribution is 5.95. The Balaban J connectivity index is 1.45. The van der Waals surface area contributed by atoms with Crippen LogP contribution in [0.4, 0.5) is 5.69 Å². The summed E-state index contributed by atoms with van der Waals surface area (Å²) in [5.74, 6) is -0.228. The fourth-order valence-corrected chi connectivity index (χ4v) is 4.49. The number of nitrogens with zero attached hydrogens (tertiary/aromatic N) is 2. The monoisotopic (exact) mass is 414 g/mol. The largest absolute Gasteiger partial charge is 0.372 e. The fraction of sp³-hybridized carbons (Fsp3) is 0.609. The summed E-state index contributed by atoms with van der Waals surface area (Å²) >= 11 is 0. The maximum Gasteiger partial charge on any atom is 0.242 e. The third-order valence-corrected chi connectivity index (χ3v) is 6.26. The summed E-state index contributed by atoms with van der Waals surface area (Å²) in [6.07, 6.45) is 1.92. The van der Waals surface area contributed by atoms with Gasteiger partial charge in [-0.15, -0.1) is 0 Å². The molecule has 1 aromatic rings. The molecule has 0 aromatic heterocycles. The zero-order valence-corrected chi connectivity index (χ0v) is 18.3. The van der Waals surface area contributed by atoms with Crippen molar-refractivity contribution in [3.63, 3.8) is 0 Å². The summed E-state index contributed by atoms with van der Waals surface area (Å²) in [5.41, 5.74) is 0.567. The molecular weight excluding hydrogens is 380 g/mol. The maximum atomic E-state index is 12.6. The third-order valence-electron chi connectivity index (χ3n) is 6.26. The standard InChI is InChI=1S/C23H34N4O3/c1-4-26(18-9-6-5-7-10-18)13-8-12-24-20(28)19-15-23(22(30)25-19)11-14-27(16-23)21(29)17(2)3/h5-7,9-10,17,19H,4,8,11-16H2,1-3H3,(H,24,28)(H,25,30)/t19-,23+/m0/s1. The number of likely N-dealkylation sites (tertiary alicyclic amines) is 1. The normalized spacial score (nSPS) is 23.1. The smallest absolute Gasteiger partial charge is 0.242 e. The van der Waals surface area contributed by atoms with Crippen molar-refractivity contribution in [1.82, 2.24) is 15.5 Å². The van der Waals surface area contributed by atoms with Gasteiger partial charge in [-0.1, -0.05) is 32.0 Å². The topological polar surface area (TPSA) is 81.8 Å². The number of anilines is 1. The van der Waals surface area contributed by atoms with Gasteiger partial charge >= 0.3 is 0 Å². The molecule has 30 heavy (non-hydrogen) atoms. The van der Waals surface area contributed by atoms with Crippen LogP contribution in [0.25, 0.3) is 0 Å². The zero-order chi connectivity index (χ0) is 21.7. The van der Waals surface area contributed by atoms with Crippen LogP contribution in [0, 0.1) is 11.3 Å². The van der Waals surface area contributed by atoms with Crippen LogP contribution < -0.4 is 15.5 Å². The number of rotatable bonds is 8. The van der Waals surface area contributed by atoms with Gasteiger partial charge in [0.2, 0.25) is 17.7 Å². The quantitative estimate of drug-likeness (QED) is 0.636. The summed E-state index contributed by atoms with van der Waals surface area (Å²) in [6.45, 7) is 9.20. The molecule has 7 heteroatoms. The Morgan fingerprint density at radius 3 is 2.70 bits per heavy atom. The molecule has 0 bridgehead atoms.